The molecule has 1 fully saturated rings. The van der Waals surface area contributed by atoms with E-state index >= 15 is 0 Å². The Morgan fingerprint density at radius 1 is 1.03 bits per heavy atom. The summed E-state index contributed by atoms with van der Waals surface area (Å²) in [5.74, 6) is -0.604. The van der Waals surface area contributed by atoms with E-state index in [2.05, 4.69) is 16.0 Å². The van der Waals surface area contributed by atoms with Gasteiger partial charge in [0.15, 0.2) is 0 Å². The summed E-state index contributed by atoms with van der Waals surface area (Å²) >= 11 is 0. The molecule has 6 heteroatoms. The molecule has 0 spiro atoms. The van der Waals surface area contributed by atoms with Crippen LogP contribution in [0.15, 0.2) is 73.2 Å². The Hall–Kier alpha value is -3.54. The van der Waals surface area contributed by atoms with Crippen LogP contribution in [0.1, 0.15) is 22.5 Å². The van der Waals surface area contributed by atoms with E-state index in [1.165, 1.54) is 18.6 Å². The van der Waals surface area contributed by atoms with E-state index in [-0.39, 0.29) is 24.1 Å². The molecule has 2 amide bonds. The molecule has 2 aromatic carbocycles. The first-order valence-electron chi connectivity index (χ1n) is 9.58. The van der Waals surface area contributed by atoms with E-state index in [1.54, 1.807) is 4.90 Å². The number of nitrogens with two attached hydrogens (primary N) is 1. The summed E-state index contributed by atoms with van der Waals surface area (Å²) in [6.45, 7) is 0.743. The molecule has 2 N–H and O–H groups in total. The molecule has 0 radical (unpaired) electrons. The molecule has 0 aliphatic carbocycles. The van der Waals surface area contributed by atoms with Crippen LogP contribution in [-0.4, -0.2) is 39.8 Å². The fourth-order valence-corrected chi connectivity index (χ4v) is 3.99. The molecule has 4 rings (SSSR count). The second-order valence-electron chi connectivity index (χ2n) is 7.41. The van der Waals surface area contributed by atoms with Crippen LogP contribution < -0.4 is 5.73 Å². The van der Waals surface area contributed by atoms with Crippen LogP contribution >= 0.6 is 0 Å². The molecular formula is C23H22N4O2. The lowest BCUT2D eigenvalue weighted by Crippen LogP contribution is -2.42. The average molecular weight is 386 g/mol. The Morgan fingerprint density at radius 2 is 1.79 bits per heavy atom. The highest BCUT2D eigenvalue weighted by Gasteiger charge is 2.45. The first-order chi connectivity index (χ1) is 14.1. The van der Waals surface area contributed by atoms with Crippen molar-refractivity contribution in [2.45, 2.75) is 12.8 Å². The Balaban J connectivity index is 1.62. The molecule has 0 unspecified atom stereocenters. The van der Waals surface area contributed by atoms with Crippen molar-refractivity contribution >= 4 is 11.8 Å². The molecule has 0 saturated carbocycles. The Labute approximate surface area is 169 Å². The number of nitrogens with zero attached hydrogens (tertiary/aromatic N) is 3. The van der Waals surface area contributed by atoms with E-state index < -0.39 is 5.41 Å². The number of primary amides is 1. The van der Waals surface area contributed by atoms with E-state index in [4.69, 9.17) is 5.73 Å². The summed E-state index contributed by atoms with van der Waals surface area (Å²) in [6.07, 6.45) is 5.46. The predicted molar refractivity (Wildman–Crippen MR) is 110 cm³/mol. The van der Waals surface area contributed by atoms with Crippen LogP contribution in [0.2, 0.25) is 0 Å². The van der Waals surface area contributed by atoms with Crippen LogP contribution in [0, 0.1) is 5.41 Å². The SMILES string of the molecule is NC(=O)[C@@]1(Cc2ccccc2-c2ccccc2)CCN(C(=O)c2cnccn2)C1. The van der Waals surface area contributed by atoms with Crippen LogP contribution in [-0.2, 0) is 11.2 Å². The molecule has 1 atom stereocenters. The largest absolute Gasteiger partial charge is 0.369 e. The fraction of sp³-hybridized carbons (Fsp3) is 0.217. The summed E-state index contributed by atoms with van der Waals surface area (Å²) < 4.78 is 0. The lowest BCUT2D eigenvalue weighted by atomic mass is 9.78. The van der Waals surface area contributed by atoms with Gasteiger partial charge in [-0.2, -0.15) is 0 Å². The first-order valence-corrected chi connectivity index (χ1v) is 9.58. The summed E-state index contributed by atoms with van der Waals surface area (Å²) in [4.78, 5) is 35.0. The van der Waals surface area contributed by atoms with Crippen molar-refractivity contribution in [2.24, 2.45) is 11.1 Å². The van der Waals surface area contributed by atoms with Crippen molar-refractivity contribution in [1.82, 2.24) is 14.9 Å². The second-order valence-corrected chi connectivity index (χ2v) is 7.41. The highest BCUT2D eigenvalue weighted by atomic mass is 16.2. The number of benzene rings is 2. The van der Waals surface area contributed by atoms with Gasteiger partial charge in [-0.05, 0) is 29.5 Å². The van der Waals surface area contributed by atoms with Crippen molar-refractivity contribution in [3.05, 3.63) is 84.4 Å². The maximum Gasteiger partial charge on any atom is 0.274 e. The lowest BCUT2D eigenvalue weighted by molar-refractivity contribution is -0.126. The normalized spacial score (nSPS) is 18.6. The van der Waals surface area contributed by atoms with Gasteiger partial charge >= 0.3 is 0 Å². The Kier molecular flexibility index (Phi) is 5.08. The van der Waals surface area contributed by atoms with E-state index in [9.17, 15) is 9.59 Å². The molecule has 1 aliphatic rings. The summed E-state index contributed by atoms with van der Waals surface area (Å²) in [5.41, 5.74) is 8.55. The minimum absolute atomic E-state index is 0.224. The number of carbonyl (C=O) groups excluding carboxylic acids is 2. The van der Waals surface area contributed by atoms with Crippen molar-refractivity contribution in [2.75, 3.05) is 13.1 Å². The molecule has 2 heterocycles. The number of amides is 2. The molecule has 146 valence electrons. The fourth-order valence-electron chi connectivity index (χ4n) is 3.99. The maximum absolute atomic E-state index is 12.8. The predicted octanol–water partition coefficient (Wildman–Crippen LogP) is 2.70. The molecule has 1 aliphatic heterocycles. The van der Waals surface area contributed by atoms with Crippen LogP contribution in [0.25, 0.3) is 11.1 Å². The molecule has 0 bridgehead atoms. The van der Waals surface area contributed by atoms with E-state index in [0.29, 0.717) is 19.4 Å². The van der Waals surface area contributed by atoms with Gasteiger partial charge in [0, 0.05) is 25.5 Å². The van der Waals surface area contributed by atoms with Gasteiger partial charge in [0.1, 0.15) is 5.69 Å². The number of likely N-dealkylation sites (tertiary alicyclic amines) is 1. The molecule has 29 heavy (non-hydrogen) atoms. The van der Waals surface area contributed by atoms with Crippen molar-refractivity contribution < 1.29 is 9.59 Å². The van der Waals surface area contributed by atoms with Gasteiger partial charge in [-0.25, -0.2) is 4.98 Å². The highest BCUT2D eigenvalue weighted by Crippen LogP contribution is 2.37. The van der Waals surface area contributed by atoms with Crippen molar-refractivity contribution in [3.63, 3.8) is 0 Å². The van der Waals surface area contributed by atoms with E-state index in [0.717, 1.165) is 16.7 Å². The van der Waals surface area contributed by atoms with Crippen molar-refractivity contribution in [1.29, 1.82) is 0 Å². The average Bonchev–Trinajstić information content (AvgIpc) is 3.20. The quantitative estimate of drug-likeness (QED) is 0.730. The summed E-state index contributed by atoms with van der Waals surface area (Å²) in [6, 6.07) is 18.1. The molecular weight excluding hydrogens is 364 g/mol. The monoisotopic (exact) mass is 386 g/mol. The standard InChI is InChI=1S/C23H22N4O2/c24-22(29)23(10-13-27(16-23)21(28)20-15-25-11-12-26-20)14-18-8-4-5-9-19(18)17-6-2-1-3-7-17/h1-9,11-12,15H,10,13-14,16H2,(H2,24,29)/t23-/m1/s1. The molecule has 1 aromatic heterocycles. The topological polar surface area (TPSA) is 89.2 Å². The van der Waals surface area contributed by atoms with Gasteiger partial charge in [0.05, 0.1) is 11.6 Å². The Bertz CT molecular complexity index is 1020. The number of carbonyl (C=O) groups is 2. The number of rotatable bonds is 5. The van der Waals surface area contributed by atoms with Gasteiger partial charge in [0.2, 0.25) is 5.91 Å². The number of hydrogen-bond acceptors (Lipinski definition) is 4. The number of hydrogen-bond donors (Lipinski definition) is 1. The Morgan fingerprint density at radius 3 is 2.52 bits per heavy atom. The molecule has 1 saturated heterocycles. The van der Waals surface area contributed by atoms with Gasteiger partial charge < -0.3 is 10.6 Å². The van der Waals surface area contributed by atoms with E-state index in [1.807, 2.05) is 48.5 Å². The second kappa shape index (κ2) is 7.83. The third-order valence-electron chi connectivity index (χ3n) is 5.58. The minimum atomic E-state index is -0.803. The zero-order valence-corrected chi connectivity index (χ0v) is 16.0. The zero-order chi connectivity index (χ0) is 20.3. The van der Waals surface area contributed by atoms with Gasteiger partial charge in [0.25, 0.3) is 5.91 Å². The smallest absolute Gasteiger partial charge is 0.274 e. The minimum Gasteiger partial charge on any atom is -0.369 e. The van der Waals surface area contributed by atoms with Crippen LogP contribution in [0.5, 0.6) is 0 Å². The van der Waals surface area contributed by atoms with Crippen LogP contribution in [0.3, 0.4) is 0 Å². The highest BCUT2D eigenvalue weighted by molar-refractivity contribution is 5.93. The van der Waals surface area contributed by atoms with Gasteiger partial charge in [-0.15, -0.1) is 0 Å². The maximum atomic E-state index is 12.8. The lowest BCUT2D eigenvalue weighted by Gasteiger charge is -2.27. The van der Waals surface area contributed by atoms with Crippen LogP contribution in [0.4, 0.5) is 0 Å². The first kappa shape index (κ1) is 18.8. The molecule has 6 nitrogen and oxygen atoms in total. The third kappa shape index (κ3) is 3.74. The number of aromatic nitrogens is 2. The van der Waals surface area contributed by atoms with Gasteiger partial charge in [-0.3, -0.25) is 14.6 Å². The van der Waals surface area contributed by atoms with Crippen molar-refractivity contribution in [3.8, 4) is 11.1 Å². The summed E-state index contributed by atoms with van der Waals surface area (Å²) in [5, 5.41) is 0. The van der Waals surface area contributed by atoms with Gasteiger partial charge in [-0.1, -0.05) is 54.6 Å². The molecule has 3 aromatic rings. The third-order valence-corrected chi connectivity index (χ3v) is 5.58. The summed E-state index contributed by atoms with van der Waals surface area (Å²) in [7, 11) is 0. The zero-order valence-electron chi connectivity index (χ0n) is 16.0.